The minimum Gasteiger partial charge on any atom is -0.375 e. The van der Waals surface area contributed by atoms with Crippen LogP contribution in [0.4, 0.5) is 5.69 Å². The van der Waals surface area contributed by atoms with E-state index in [4.69, 9.17) is 23.2 Å². The van der Waals surface area contributed by atoms with Crippen LogP contribution in [0, 0.1) is 0 Å². The predicted molar refractivity (Wildman–Crippen MR) is 88.1 cm³/mol. The zero-order valence-corrected chi connectivity index (χ0v) is 13.1. The van der Waals surface area contributed by atoms with E-state index in [1.807, 2.05) is 30.3 Å². The number of aromatic nitrogens is 1. The summed E-state index contributed by atoms with van der Waals surface area (Å²) >= 11 is 13.8. The van der Waals surface area contributed by atoms with E-state index in [-0.39, 0.29) is 6.04 Å². The average Bonchev–Trinajstić information content (AvgIpc) is 2.86. The van der Waals surface area contributed by atoms with E-state index in [2.05, 4.69) is 23.3 Å². The van der Waals surface area contributed by atoms with Gasteiger partial charge in [-0.1, -0.05) is 35.3 Å². The minimum atomic E-state index is 0.0890. The molecule has 0 saturated carbocycles. The van der Waals surface area contributed by atoms with Crippen molar-refractivity contribution >= 4 is 50.4 Å². The third-order valence-corrected chi connectivity index (χ3v) is 4.75. The van der Waals surface area contributed by atoms with Gasteiger partial charge in [-0.15, -0.1) is 11.3 Å². The van der Waals surface area contributed by atoms with Gasteiger partial charge in [0.15, 0.2) is 0 Å². The van der Waals surface area contributed by atoms with Crippen molar-refractivity contribution in [2.45, 2.75) is 13.0 Å². The normalized spacial score (nSPS) is 12.6. The molecule has 0 fully saturated rings. The second-order valence-electron chi connectivity index (χ2n) is 4.51. The van der Waals surface area contributed by atoms with E-state index in [0.717, 1.165) is 16.2 Å². The molecule has 1 N–H and O–H groups in total. The number of rotatable bonds is 3. The lowest BCUT2D eigenvalue weighted by Gasteiger charge is -2.14. The number of hydrogen-bond acceptors (Lipinski definition) is 3. The van der Waals surface area contributed by atoms with Crippen molar-refractivity contribution in [2.24, 2.45) is 0 Å². The molecule has 0 aliphatic rings. The Bertz CT molecular complexity index is 721. The van der Waals surface area contributed by atoms with Crippen molar-refractivity contribution in [2.75, 3.05) is 5.32 Å². The highest BCUT2D eigenvalue weighted by Crippen LogP contribution is 2.31. The molecule has 3 rings (SSSR count). The number of para-hydroxylation sites is 1. The van der Waals surface area contributed by atoms with Crippen LogP contribution in [0.5, 0.6) is 0 Å². The van der Waals surface area contributed by atoms with Crippen molar-refractivity contribution < 1.29 is 0 Å². The van der Waals surface area contributed by atoms with E-state index >= 15 is 0 Å². The number of fused-ring (bicyclic) bond motifs is 1. The second kappa shape index (κ2) is 5.60. The van der Waals surface area contributed by atoms with Crippen LogP contribution in [-0.4, -0.2) is 4.98 Å². The Morgan fingerprint density at radius 2 is 1.95 bits per heavy atom. The summed E-state index contributed by atoms with van der Waals surface area (Å²) in [6.07, 6.45) is 0. The maximum absolute atomic E-state index is 6.18. The van der Waals surface area contributed by atoms with Gasteiger partial charge in [0.05, 0.1) is 27.0 Å². The van der Waals surface area contributed by atoms with Gasteiger partial charge in [0.2, 0.25) is 0 Å². The van der Waals surface area contributed by atoms with Gasteiger partial charge in [0, 0.05) is 5.02 Å². The molecule has 0 radical (unpaired) electrons. The number of benzene rings is 2. The first kappa shape index (κ1) is 13.7. The fourth-order valence-electron chi connectivity index (χ4n) is 1.98. The molecule has 1 unspecified atom stereocenters. The maximum Gasteiger partial charge on any atom is 0.116 e. The standard InChI is InChI=1S/C15H12Cl2N2S/c1-9(18-12-7-6-10(16)8-11(12)17)15-19-13-4-2-3-5-14(13)20-15/h2-9,18H,1H3. The van der Waals surface area contributed by atoms with Gasteiger partial charge >= 0.3 is 0 Å². The monoisotopic (exact) mass is 322 g/mol. The molecule has 1 heterocycles. The number of halogens is 2. The first-order chi connectivity index (χ1) is 9.63. The Morgan fingerprint density at radius 3 is 2.70 bits per heavy atom. The van der Waals surface area contributed by atoms with Gasteiger partial charge in [0.25, 0.3) is 0 Å². The van der Waals surface area contributed by atoms with E-state index in [1.165, 1.54) is 4.70 Å². The van der Waals surface area contributed by atoms with Crippen LogP contribution in [0.2, 0.25) is 10.0 Å². The molecule has 0 bridgehead atoms. The van der Waals surface area contributed by atoms with Crippen LogP contribution >= 0.6 is 34.5 Å². The third kappa shape index (κ3) is 2.75. The molecule has 2 aromatic carbocycles. The Labute approximate surface area is 131 Å². The van der Waals surface area contributed by atoms with Gasteiger partial charge in [0.1, 0.15) is 5.01 Å². The number of nitrogens with zero attached hydrogens (tertiary/aromatic N) is 1. The third-order valence-electron chi connectivity index (χ3n) is 2.98. The van der Waals surface area contributed by atoms with Gasteiger partial charge in [-0.05, 0) is 37.3 Å². The Hall–Kier alpha value is -1.29. The van der Waals surface area contributed by atoms with Crippen LogP contribution in [0.1, 0.15) is 18.0 Å². The van der Waals surface area contributed by atoms with Gasteiger partial charge in [-0.3, -0.25) is 0 Å². The highest BCUT2D eigenvalue weighted by molar-refractivity contribution is 7.18. The molecule has 1 atom stereocenters. The summed E-state index contributed by atoms with van der Waals surface area (Å²) in [7, 11) is 0. The molecule has 0 spiro atoms. The topological polar surface area (TPSA) is 24.9 Å². The minimum absolute atomic E-state index is 0.0890. The van der Waals surface area contributed by atoms with Crippen LogP contribution in [-0.2, 0) is 0 Å². The van der Waals surface area contributed by atoms with Crippen molar-refractivity contribution in [1.82, 2.24) is 4.98 Å². The summed E-state index contributed by atoms with van der Waals surface area (Å²) in [5.74, 6) is 0. The summed E-state index contributed by atoms with van der Waals surface area (Å²) < 4.78 is 1.19. The first-order valence-corrected chi connectivity index (χ1v) is 7.78. The molecular weight excluding hydrogens is 311 g/mol. The van der Waals surface area contributed by atoms with Gasteiger partial charge in [-0.2, -0.15) is 0 Å². The second-order valence-corrected chi connectivity index (χ2v) is 6.42. The first-order valence-electron chi connectivity index (χ1n) is 6.20. The number of nitrogens with one attached hydrogen (secondary N) is 1. The Morgan fingerprint density at radius 1 is 1.15 bits per heavy atom. The van der Waals surface area contributed by atoms with E-state index < -0.39 is 0 Å². The molecule has 2 nitrogen and oxygen atoms in total. The number of anilines is 1. The fraction of sp³-hybridized carbons (Fsp3) is 0.133. The van der Waals surface area contributed by atoms with Crippen molar-refractivity contribution in [1.29, 1.82) is 0 Å². The molecule has 5 heteroatoms. The summed E-state index contributed by atoms with van der Waals surface area (Å²) in [5, 5.41) is 5.66. The van der Waals surface area contributed by atoms with Gasteiger partial charge < -0.3 is 5.32 Å². The lowest BCUT2D eigenvalue weighted by Crippen LogP contribution is -2.06. The van der Waals surface area contributed by atoms with Gasteiger partial charge in [-0.25, -0.2) is 4.98 Å². The van der Waals surface area contributed by atoms with E-state index in [1.54, 1.807) is 17.4 Å². The number of thiazole rings is 1. The zero-order valence-electron chi connectivity index (χ0n) is 10.7. The van der Waals surface area contributed by atoms with Crippen molar-refractivity contribution in [3.8, 4) is 0 Å². The van der Waals surface area contributed by atoms with E-state index in [9.17, 15) is 0 Å². The summed E-state index contributed by atoms with van der Waals surface area (Å²) in [5.41, 5.74) is 1.89. The lowest BCUT2D eigenvalue weighted by molar-refractivity contribution is 0.874. The fourth-order valence-corrected chi connectivity index (χ4v) is 3.41. The van der Waals surface area contributed by atoms with Crippen molar-refractivity contribution in [3.63, 3.8) is 0 Å². The quantitative estimate of drug-likeness (QED) is 0.661. The Balaban J connectivity index is 1.86. The molecule has 0 saturated heterocycles. The summed E-state index contributed by atoms with van der Waals surface area (Å²) in [4.78, 5) is 4.64. The van der Waals surface area contributed by atoms with Crippen LogP contribution in [0.15, 0.2) is 42.5 Å². The molecule has 1 aromatic heterocycles. The number of hydrogen-bond donors (Lipinski definition) is 1. The SMILES string of the molecule is CC(Nc1ccc(Cl)cc1Cl)c1nc2ccccc2s1. The molecule has 20 heavy (non-hydrogen) atoms. The highest BCUT2D eigenvalue weighted by Gasteiger charge is 2.12. The summed E-state index contributed by atoms with van der Waals surface area (Å²) in [6.45, 7) is 2.07. The average molecular weight is 323 g/mol. The molecule has 0 aliphatic heterocycles. The molecular formula is C15H12Cl2N2S. The maximum atomic E-state index is 6.18. The zero-order chi connectivity index (χ0) is 14.1. The Kier molecular flexibility index (Phi) is 3.83. The van der Waals surface area contributed by atoms with Crippen molar-refractivity contribution in [3.05, 3.63) is 57.5 Å². The largest absolute Gasteiger partial charge is 0.375 e. The molecule has 0 aliphatic carbocycles. The van der Waals surface area contributed by atoms with Crippen LogP contribution in [0.3, 0.4) is 0 Å². The summed E-state index contributed by atoms with van der Waals surface area (Å²) in [6, 6.07) is 13.7. The predicted octanol–water partition coefficient (Wildman–Crippen LogP) is 5.78. The smallest absolute Gasteiger partial charge is 0.116 e. The van der Waals surface area contributed by atoms with E-state index in [0.29, 0.717) is 10.0 Å². The highest BCUT2D eigenvalue weighted by atomic mass is 35.5. The molecule has 3 aromatic rings. The van der Waals surface area contributed by atoms with Crippen LogP contribution in [0.25, 0.3) is 10.2 Å². The van der Waals surface area contributed by atoms with Crippen LogP contribution < -0.4 is 5.32 Å². The molecule has 102 valence electrons. The molecule has 0 amide bonds. The lowest BCUT2D eigenvalue weighted by atomic mass is 10.2.